The van der Waals surface area contributed by atoms with E-state index in [0.29, 0.717) is 0 Å². The lowest BCUT2D eigenvalue weighted by atomic mass is 9.99. The van der Waals surface area contributed by atoms with Crippen molar-refractivity contribution in [3.63, 3.8) is 0 Å². The molecule has 0 spiro atoms. The second-order valence-corrected chi connectivity index (χ2v) is 7.01. The van der Waals surface area contributed by atoms with Crippen LogP contribution in [-0.2, 0) is 16.5 Å². The SMILES string of the molecule is CCC(C)CCCCCCc1ccc(S(=O)(=O)O)cc1. The molecule has 0 heterocycles. The van der Waals surface area contributed by atoms with E-state index in [0.717, 1.165) is 24.3 Å². The summed E-state index contributed by atoms with van der Waals surface area (Å²) in [5.74, 6) is 0.836. The quantitative estimate of drug-likeness (QED) is 0.540. The van der Waals surface area contributed by atoms with Gasteiger partial charge in [-0.1, -0.05) is 58.1 Å². The maximum absolute atomic E-state index is 10.9. The van der Waals surface area contributed by atoms with E-state index in [-0.39, 0.29) is 4.90 Å². The molecule has 0 aliphatic carbocycles. The van der Waals surface area contributed by atoms with Crippen LogP contribution in [0.3, 0.4) is 0 Å². The van der Waals surface area contributed by atoms with E-state index >= 15 is 0 Å². The molecule has 1 aromatic carbocycles. The largest absolute Gasteiger partial charge is 0.294 e. The monoisotopic (exact) mass is 298 g/mol. The average molecular weight is 298 g/mol. The summed E-state index contributed by atoms with van der Waals surface area (Å²) in [7, 11) is -4.06. The molecule has 0 aliphatic rings. The molecule has 0 saturated carbocycles. The van der Waals surface area contributed by atoms with Gasteiger partial charge in [-0.2, -0.15) is 8.42 Å². The molecule has 1 rings (SSSR count). The topological polar surface area (TPSA) is 54.4 Å². The average Bonchev–Trinajstić information content (AvgIpc) is 2.41. The van der Waals surface area contributed by atoms with Gasteiger partial charge in [-0.15, -0.1) is 0 Å². The molecular weight excluding hydrogens is 272 g/mol. The molecule has 1 atom stereocenters. The standard InChI is InChI=1S/C16H26O3S/c1-3-14(2)8-6-4-5-7-9-15-10-12-16(13-11-15)20(17,18)19/h10-14H,3-9H2,1-2H3,(H,17,18,19). The Kier molecular flexibility index (Phi) is 7.24. The molecule has 20 heavy (non-hydrogen) atoms. The van der Waals surface area contributed by atoms with Gasteiger partial charge in [-0.05, 0) is 36.5 Å². The third-order valence-electron chi connectivity index (χ3n) is 3.83. The predicted molar refractivity (Wildman–Crippen MR) is 82.5 cm³/mol. The van der Waals surface area contributed by atoms with E-state index < -0.39 is 10.1 Å². The van der Waals surface area contributed by atoms with Crippen molar-refractivity contribution in [1.29, 1.82) is 0 Å². The highest BCUT2D eigenvalue weighted by Gasteiger charge is 2.08. The molecule has 0 bridgehead atoms. The van der Waals surface area contributed by atoms with Crippen LogP contribution in [0.15, 0.2) is 29.2 Å². The predicted octanol–water partition coefficient (Wildman–Crippen LogP) is 4.47. The molecular formula is C16H26O3S. The van der Waals surface area contributed by atoms with Crippen molar-refractivity contribution in [2.45, 2.75) is 63.7 Å². The summed E-state index contributed by atoms with van der Waals surface area (Å²) in [6, 6.07) is 6.49. The van der Waals surface area contributed by atoms with Crippen molar-refractivity contribution in [2.24, 2.45) is 5.92 Å². The highest BCUT2D eigenvalue weighted by Crippen LogP contribution is 2.15. The van der Waals surface area contributed by atoms with E-state index in [1.165, 1.54) is 44.2 Å². The molecule has 0 radical (unpaired) electrons. The van der Waals surface area contributed by atoms with Crippen LogP contribution in [0.2, 0.25) is 0 Å². The second-order valence-electron chi connectivity index (χ2n) is 5.59. The van der Waals surface area contributed by atoms with Crippen molar-refractivity contribution >= 4 is 10.1 Å². The molecule has 3 nitrogen and oxygen atoms in total. The molecule has 1 aromatic rings. The Bertz CT molecular complexity index is 477. The lowest BCUT2D eigenvalue weighted by molar-refractivity contribution is 0.474. The van der Waals surface area contributed by atoms with Crippen molar-refractivity contribution in [3.8, 4) is 0 Å². The summed E-state index contributed by atoms with van der Waals surface area (Å²) in [5, 5.41) is 0. The minimum absolute atomic E-state index is 0.0326. The van der Waals surface area contributed by atoms with Crippen LogP contribution in [0.25, 0.3) is 0 Å². The maximum atomic E-state index is 10.9. The van der Waals surface area contributed by atoms with E-state index in [2.05, 4.69) is 13.8 Å². The van der Waals surface area contributed by atoms with E-state index in [9.17, 15) is 8.42 Å². The Balaban J connectivity index is 2.23. The second kappa shape index (κ2) is 8.42. The molecule has 1 unspecified atom stereocenters. The van der Waals surface area contributed by atoms with Crippen molar-refractivity contribution in [1.82, 2.24) is 0 Å². The summed E-state index contributed by atoms with van der Waals surface area (Å²) in [4.78, 5) is -0.0326. The summed E-state index contributed by atoms with van der Waals surface area (Å²) >= 11 is 0. The fraction of sp³-hybridized carbons (Fsp3) is 0.625. The summed E-state index contributed by atoms with van der Waals surface area (Å²) < 4.78 is 30.7. The molecule has 0 aromatic heterocycles. The number of hydrogen-bond acceptors (Lipinski definition) is 2. The van der Waals surface area contributed by atoms with Gasteiger partial charge in [0.25, 0.3) is 10.1 Å². The third kappa shape index (κ3) is 6.53. The van der Waals surface area contributed by atoms with Crippen LogP contribution in [0, 0.1) is 5.92 Å². The number of benzene rings is 1. The molecule has 0 saturated heterocycles. The Labute approximate surface area is 123 Å². The number of hydrogen-bond donors (Lipinski definition) is 1. The highest BCUT2D eigenvalue weighted by molar-refractivity contribution is 7.85. The summed E-state index contributed by atoms with van der Waals surface area (Å²) in [6.45, 7) is 4.54. The van der Waals surface area contributed by atoms with Crippen molar-refractivity contribution in [2.75, 3.05) is 0 Å². The highest BCUT2D eigenvalue weighted by atomic mass is 32.2. The van der Waals surface area contributed by atoms with Gasteiger partial charge in [0.1, 0.15) is 0 Å². The molecule has 0 amide bonds. The zero-order valence-electron chi connectivity index (χ0n) is 12.5. The van der Waals surface area contributed by atoms with Gasteiger partial charge >= 0.3 is 0 Å². The normalized spacial score (nSPS) is 13.3. The van der Waals surface area contributed by atoms with Crippen LogP contribution in [0.4, 0.5) is 0 Å². The summed E-state index contributed by atoms with van der Waals surface area (Å²) in [6.07, 6.45) is 8.47. The van der Waals surface area contributed by atoms with Gasteiger partial charge in [0.15, 0.2) is 0 Å². The molecule has 4 heteroatoms. The first-order valence-corrected chi connectivity index (χ1v) is 8.94. The van der Waals surface area contributed by atoms with E-state index in [1.807, 2.05) is 0 Å². The minimum Gasteiger partial charge on any atom is -0.282 e. The molecule has 1 N–H and O–H groups in total. The van der Waals surface area contributed by atoms with E-state index in [4.69, 9.17) is 4.55 Å². The first kappa shape index (κ1) is 17.2. The third-order valence-corrected chi connectivity index (χ3v) is 4.70. The van der Waals surface area contributed by atoms with Crippen molar-refractivity contribution in [3.05, 3.63) is 29.8 Å². The zero-order valence-corrected chi connectivity index (χ0v) is 13.3. The maximum Gasteiger partial charge on any atom is 0.294 e. The fourth-order valence-electron chi connectivity index (χ4n) is 2.21. The number of aryl methyl sites for hydroxylation is 1. The van der Waals surface area contributed by atoms with Gasteiger partial charge in [0.05, 0.1) is 4.90 Å². The van der Waals surface area contributed by atoms with Crippen LogP contribution in [0.5, 0.6) is 0 Å². The number of unbranched alkanes of at least 4 members (excludes halogenated alkanes) is 3. The first-order valence-electron chi connectivity index (χ1n) is 7.50. The van der Waals surface area contributed by atoms with Gasteiger partial charge in [0.2, 0.25) is 0 Å². The minimum atomic E-state index is -4.06. The summed E-state index contributed by atoms with van der Waals surface area (Å²) in [5.41, 5.74) is 1.12. The first-order chi connectivity index (χ1) is 9.43. The van der Waals surface area contributed by atoms with E-state index in [1.54, 1.807) is 12.1 Å². The Morgan fingerprint density at radius 3 is 2.20 bits per heavy atom. The van der Waals surface area contributed by atoms with Gasteiger partial charge in [-0.3, -0.25) is 4.55 Å². The Morgan fingerprint density at radius 2 is 1.65 bits per heavy atom. The lowest BCUT2D eigenvalue weighted by Crippen LogP contribution is -1.98. The molecule has 0 aliphatic heterocycles. The Hall–Kier alpha value is -0.870. The van der Waals surface area contributed by atoms with Gasteiger partial charge in [-0.25, -0.2) is 0 Å². The number of rotatable bonds is 9. The van der Waals surface area contributed by atoms with Gasteiger partial charge in [0, 0.05) is 0 Å². The van der Waals surface area contributed by atoms with Crippen LogP contribution in [0.1, 0.15) is 57.9 Å². The Morgan fingerprint density at radius 1 is 1.05 bits per heavy atom. The lowest BCUT2D eigenvalue weighted by Gasteiger charge is -2.07. The van der Waals surface area contributed by atoms with Crippen LogP contribution < -0.4 is 0 Å². The van der Waals surface area contributed by atoms with Crippen LogP contribution in [-0.4, -0.2) is 13.0 Å². The smallest absolute Gasteiger partial charge is 0.282 e. The molecule has 0 fully saturated rings. The fourth-order valence-corrected chi connectivity index (χ4v) is 2.69. The van der Waals surface area contributed by atoms with Gasteiger partial charge < -0.3 is 0 Å². The molecule has 114 valence electrons. The van der Waals surface area contributed by atoms with Crippen LogP contribution >= 0.6 is 0 Å². The van der Waals surface area contributed by atoms with Crippen molar-refractivity contribution < 1.29 is 13.0 Å². The zero-order chi connectivity index (χ0) is 15.0.